The summed E-state index contributed by atoms with van der Waals surface area (Å²) >= 11 is 0. The standard InChI is InChI=1S/4C9H19F.C9H18O.C9H20.2C8H16F2.C8H15F.C6H11F3/c4*1-6-9(5,10)7-8(2,3)4;1-8(2,3)5-9(4)6-10-7-9;1-8(2,3)7-9(4,5)6;2*1-5-8(9,10)6-7(2,3)4;1-7(2,3)6-8(9)4-5-8;1-5(2,3)4-6(7,8)9/h4*6-7H2,1-5H3;5-7H2,1-4H3;7H2,1-6H3;2*5-6H2,1-4H3;4-6H2,1-3H3;4H2,1-3H3/t4*9-;;;;;;/m1100....../s1. The van der Waals surface area contributed by atoms with Crippen molar-refractivity contribution in [2.75, 3.05) is 13.2 Å². The highest BCUT2D eigenvalue weighted by atomic mass is 19.4. The van der Waals surface area contributed by atoms with Crippen LogP contribution < -0.4 is 0 Å². The molecule has 97 heavy (non-hydrogen) atoms. The summed E-state index contributed by atoms with van der Waals surface area (Å²) < 4.78 is 157. The fraction of sp³-hybridized carbons (Fsp3) is 1.00. The normalized spacial score (nSPS) is 17.8. The molecule has 0 amide bonds. The van der Waals surface area contributed by atoms with Crippen LogP contribution in [0.1, 0.15) is 420 Å². The Balaban J connectivity index is -0.000000151. The lowest BCUT2D eigenvalue weighted by Crippen LogP contribution is -2.42. The zero-order chi connectivity index (χ0) is 80.8. The van der Waals surface area contributed by atoms with Gasteiger partial charge in [-0.15, -0.1) is 0 Å². The van der Waals surface area contributed by atoms with Crippen molar-refractivity contribution in [3.05, 3.63) is 0 Å². The van der Waals surface area contributed by atoms with Crippen molar-refractivity contribution in [1.29, 1.82) is 0 Å². The molecule has 2 aliphatic rings. The van der Waals surface area contributed by atoms with Crippen LogP contribution in [-0.2, 0) is 4.74 Å². The summed E-state index contributed by atoms with van der Waals surface area (Å²) in [6.45, 7) is 89.0. The van der Waals surface area contributed by atoms with E-state index in [0.29, 0.717) is 73.0 Å². The van der Waals surface area contributed by atoms with Crippen molar-refractivity contribution in [2.24, 2.45) is 65.0 Å². The van der Waals surface area contributed by atoms with Crippen LogP contribution in [0.25, 0.3) is 0 Å². The number of ether oxygens (including phenoxy) is 1. The number of rotatable bonds is 14. The van der Waals surface area contributed by atoms with Crippen LogP contribution in [0.2, 0.25) is 0 Å². The van der Waals surface area contributed by atoms with Gasteiger partial charge in [0, 0.05) is 37.5 Å². The van der Waals surface area contributed by atoms with Gasteiger partial charge in [-0.05, 0) is 171 Å². The third-order valence-corrected chi connectivity index (χ3v) is 14.4. The molecule has 0 aromatic rings. The number of alkyl halides is 12. The number of hydrogen-bond donors (Lipinski definition) is 0. The van der Waals surface area contributed by atoms with E-state index in [1.807, 2.05) is 69.2 Å². The molecule has 598 valence electrons. The predicted octanol–water partition coefficient (Wildman–Crippen LogP) is 33.0. The highest BCUT2D eigenvalue weighted by Gasteiger charge is 2.46. The first-order chi connectivity index (χ1) is 41.3. The van der Waals surface area contributed by atoms with Gasteiger partial charge in [0.25, 0.3) is 0 Å². The SMILES string of the molecule is CC(C)(C)CC(C)(C)C.CC(C)(C)CC(F)(F)F.CC(C)(C)CC1(C)COC1.CC(C)(C)CC1(F)CC1.CCC(F)(F)CC(C)(C)C.CCC(F)(F)CC(C)(C)C.CC[C@@](C)(F)CC(C)(C)C.CC[C@@](C)(F)CC(C)(C)C.CC[C@](C)(F)CC(C)(C)C.CC[C@](C)(F)CC(C)(C)C. The third kappa shape index (κ3) is 102. The fourth-order valence-electron chi connectivity index (χ4n) is 12.0. The minimum atomic E-state index is -4.02. The molecule has 13 heteroatoms. The summed E-state index contributed by atoms with van der Waals surface area (Å²) in [4.78, 5) is 0. The van der Waals surface area contributed by atoms with Crippen molar-refractivity contribution in [1.82, 2.24) is 0 Å². The van der Waals surface area contributed by atoms with Gasteiger partial charge in [0.05, 0.1) is 13.2 Å². The van der Waals surface area contributed by atoms with E-state index in [-0.39, 0.29) is 63.6 Å². The summed E-state index contributed by atoms with van der Waals surface area (Å²) in [6.07, 6.45) is 5.09. The minimum Gasteiger partial charge on any atom is -0.380 e. The number of halogens is 12. The second kappa shape index (κ2) is 42.9. The van der Waals surface area contributed by atoms with Crippen LogP contribution in [0.3, 0.4) is 0 Å². The summed E-state index contributed by atoms with van der Waals surface area (Å²) in [7, 11) is 0. The lowest BCUT2D eigenvalue weighted by atomic mass is 9.74. The summed E-state index contributed by atoms with van der Waals surface area (Å²) in [6, 6.07) is 0. The highest BCUT2D eigenvalue weighted by molar-refractivity contribution is 4.96. The van der Waals surface area contributed by atoms with Crippen molar-refractivity contribution >= 4 is 0 Å². The van der Waals surface area contributed by atoms with Crippen molar-refractivity contribution in [2.45, 2.75) is 467 Å². The Labute approximate surface area is 599 Å². The van der Waals surface area contributed by atoms with Crippen LogP contribution in [0, 0.1) is 65.0 Å². The van der Waals surface area contributed by atoms with Crippen molar-refractivity contribution < 1.29 is 57.4 Å². The van der Waals surface area contributed by atoms with Crippen LogP contribution in [0.15, 0.2) is 0 Å². The maximum Gasteiger partial charge on any atom is 0.389 e. The van der Waals surface area contributed by atoms with Gasteiger partial charge in [0.2, 0.25) is 11.8 Å². The third-order valence-electron chi connectivity index (χ3n) is 14.4. The van der Waals surface area contributed by atoms with Crippen LogP contribution in [0.5, 0.6) is 0 Å². The molecule has 0 bridgehead atoms. The molecule has 2 fully saturated rings. The molecule has 1 saturated carbocycles. The molecule has 1 aliphatic heterocycles. The molecule has 0 radical (unpaired) electrons. The Morgan fingerprint density at radius 1 is 0.247 bits per heavy atom. The predicted molar refractivity (Wildman–Crippen MR) is 408 cm³/mol. The van der Waals surface area contributed by atoms with Crippen LogP contribution >= 0.6 is 0 Å². The van der Waals surface area contributed by atoms with Crippen LogP contribution in [-0.4, -0.2) is 59.6 Å². The monoisotopic (exact) mass is 1430 g/mol. The molecule has 0 aromatic heterocycles. The Kier molecular flexibility index (Phi) is 49.6. The van der Waals surface area contributed by atoms with Crippen molar-refractivity contribution in [3.63, 3.8) is 0 Å². The van der Waals surface area contributed by atoms with Crippen molar-refractivity contribution in [3.8, 4) is 0 Å². The Morgan fingerprint density at radius 2 is 0.433 bits per heavy atom. The first kappa shape index (κ1) is 112. The van der Waals surface area contributed by atoms with Crippen LogP contribution in [0.4, 0.5) is 52.7 Å². The Bertz CT molecular complexity index is 1580. The van der Waals surface area contributed by atoms with Gasteiger partial charge >= 0.3 is 6.18 Å². The van der Waals surface area contributed by atoms with E-state index in [9.17, 15) is 52.7 Å². The quantitative estimate of drug-likeness (QED) is 0.158. The van der Waals surface area contributed by atoms with E-state index < -0.39 is 58.2 Å². The fourth-order valence-corrected chi connectivity index (χ4v) is 12.0. The van der Waals surface area contributed by atoms with Gasteiger partial charge in [-0.3, -0.25) is 0 Å². The average molecular weight is 1430 g/mol. The minimum absolute atomic E-state index is 0.0174. The van der Waals surface area contributed by atoms with Gasteiger partial charge < -0.3 is 4.74 Å². The van der Waals surface area contributed by atoms with Gasteiger partial charge in [-0.1, -0.05) is 277 Å². The lowest BCUT2D eigenvalue weighted by molar-refractivity contribution is -0.152. The molecule has 1 nitrogen and oxygen atoms in total. The van der Waals surface area contributed by atoms with E-state index in [4.69, 9.17) is 4.74 Å². The maximum absolute atomic E-state index is 13.3. The van der Waals surface area contributed by atoms with E-state index in [1.165, 1.54) is 26.7 Å². The summed E-state index contributed by atoms with van der Waals surface area (Å²) in [5.41, 5.74) is -3.31. The van der Waals surface area contributed by atoms with E-state index in [1.54, 1.807) is 48.5 Å². The Morgan fingerprint density at radius 3 is 0.474 bits per heavy atom. The molecule has 2 rings (SSSR count). The first-order valence-corrected chi connectivity index (χ1v) is 37.2. The zero-order valence-electron chi connectivity index (χ0n) is 73.1. The molecular formula is C84H172F12O. The second-order valence-electron chi connectivity index (χ2n) is 44.0. The molecule has 4 atom stereocenters. The summed E-state index contributed by atoms with van der Waals surface area (Å²) in [5.74, 6) is -4.95. The molecule has 1 heterocycles. The van der Waals surface area contributed by atoms with Gasteiger partial charge in [-0.25, -0.2) is 39.5 Å². The molecule has 0 spiro atoms. The maximum atomic E-state index is 13.3. The molecule has 0 N–H and O–H groups in total. The largest absolute Gasteiger partial charge is 0.389 e. The average Bonchev–Trinajstić information content (AvgIpc) is 1.82. The van der Waals surface area contributed by atoms with Gasteiger partial charge in [0.1, 0.15) is 28.3 Å². The second-order valence-corrected chi connectivity index (χ2v) is 44.0. The highest BCUT2D eigenvalue weighted by Crippen LogP contribution is 2.48. The lowest BCUT2D eigenvalue weighted by Gasteiger charge is -2.42. The van der Waals surface area contributed by atoms with E-state index in [0.717, 1.165) is 32.5 Å². The smallest absolute Gasteiger partial charge is 0.380 e. The molecular weight excluding hydrogens is 1250 g/mol. The molecule has 0 unspecified atom stereocenters. The molecule has 0 aromatic carbocycles. The Hall–Kier alpha value is -0.880. The zero-order valence-corrected chi connectivity index (χ0v) is 73.1. The molecule has 1 aliphatic carbocycles. The molecule has 1 saturated heterocycles. The number of hydrogen-bond acceptors (Lipinski definition) is 1. The van der Waals surface area contributed by atoms with E-state index in [2.05, 4.69) is 173 Å². The van der Waals surface area contributed by atoms with E-state index >= 15 is 0 Å². The van der Waals surface area contributed by atoms with Gasteiger partial charge in [-0.2, -0.15) is 13.2 Å². The summed E-state index contributed by atoms with van der Waals surface area (Å²) in [5, 5.41) is 0. The topological polar surface area (TPSA) is 9.23 Å². The first-order valence-electron chi connectivity index (χ1n) is 37.2. The van der Waals surface area contributed by atoms with Gasteiger partial charge in [0.15, 0.2) is 0 Å².